The maximum absolute atomic E-state index is 10.3. The Balaban J connectivity index is 4.00. The molecule has 1 amide bonds. The van der Waals surface area contributed by atoms with Gasteiger partial charge in [0.2, 0.25) is 5.91 Å². The van der Waals surface area contributed by atoms with Crippen LogP contribution in [-0.4, -0.2) is 17.1 Å². The zero-order chi connectivity index (χ0) is 7.44. The average molecular weight is 129 g/mol. The third-order valence-electron chi connectivity index (χ3n) is 0.880. The number of aliphatic hydroxyl groups is 1. The van der Waals surface area contributed by atoms with Crippen molar-refractivity contribution in [2.75, 3.05) is 0 Å². The first-order valence-electron chi connectivity index (χ1n) is 2.70. The summed E-state index contributed by atoms with van der Waals surface area (Å²) in [5.74, 6) is -0.490. The van der Waals surface area contributed by atoms with E-state index in [0.29, 0.717) is 5.57 Å². The van der Waals surface area contributed by atoms with Gasteiger partial charge in [-0.15, -0.1) is 0 Å². The van der Waals surface area contributed by atoms with E-state index < -0.39 is 12.0 Å². The number of primary amides is 1. The molecule has 0 aliphatic carbocycles. The third-order valence-corrected chi connectivity index (χ3v) is 0.880. The zero-order valence-corrected chi connectivity index (χ0v) is 5.59. The van der Waals surface area contributed by atoms with Crippen molar-refractivity contribution >= 4 is 5.91 Å². The molecule has 1 atom stereocenters. The van der Waals surface area contributed by atoms with E-state index in [1.54, 1.807) is 13.8 Å². The van der Waals surface area contributed by atoms with Crippen molar-refractivity contribution in [3.63, 3.8) is 0 Å². The molecule has 52 valence electrons. The predicted molar refractivity (Wildman–Crippen MR) is 34.6 cm³/mol. The van der Waals surface area contributed by atoms with Gasteiger partial charge in [0.1, 0.15) is 0 Å². The van der Waals surface area contributed by atoms with E-state index in [1.807, 2.05) is 0 Å². The van der Waals surface area contributed by atoms with Crippen molar-refractivity contribution in [1.82, 2.24) is 0 Å². The molecule has 3 nitrogen and oxygen atoms in total. The van der Waals surface area contributed by atoms with E-state index in [-0.39, 0.29) is 0 Å². The summed E-state index contributed by atoms with van der Waals surface area (Å²) in [6, 6.07) is 0. The fourth-order valence-corrected chi connectivity index (χ4v) is 0.444. The van der Waals surface area contributed by atoms with Crippen molar-refractivity contribution in [3.05, 3.63) is 11.6 Å². The van der Waals surface area contributed by atoms with Crippen LogP contribution in [0.3, 0.4) is 0 Å². The van der Waals surface area contributed by atoms with Crippen LogP contribution in [0.2, 0.25) is 0 Å². The van der Waals surface area contributed by atoms with Gasteiger partial charge in [0.25, 0.3) is 0 Å². The van der Waals surface area contributed by atoms with Crippen LogP contribution in [-0.2, 0) is 4.79 Å². The molecular formula is C6H11NO2. The summed E-state index contributed by atoms with van der Waals surface area (Å²) < 4.78 is 0. The van der Waals surface area contributed by atoms with Crippen molar-refractivity contribution < 1.29 is 9.90 Å². The van der Waals surface area contributed by atoms with Gasteiger partial charge in [-0.2, -0.15) is 0 Å². The van der Waals surface area contributed by atoms with Crippen LogP contribution in [0.25, 0.3) is 0 Å². The highest BCUT2D eigenvalue weighted by Gasteiger charge is 1.97. The first kappa shape index (κ1) is 8.17. The number of carbonyl (C=O) groups is 1. The zero-order valence-electron chi connectivity index (χ0n) is 5.59. The van der Waals surface area contributed by atoms with Crippen LogP contribution >= 0.6 is 0 Å². The minimum Gasteiger partial charge on any atom is -0.389 e. The molecule has 0 heterocycles. The van der Waals surface area contributed by atoms with E-state index in [4.69, 9.17) is 10.8 Å². The smallest absolute Gasteiger partial charge is 0.244 e. The molecule has 0 aromatic rings. The monoisotopic (exact) mass is 129 g/mol. The molecule has 1 unspecified atom stereocenters. The highest BCUT2D eigenvalue weighted by Crippen LogP contribution is 1.92. The maximum Gasteiger partial charge on any atom is 0.244 e. The molecule has 0 rings (SSSR count). The Bertz CT molecular complexity index is 138. The van der Waals surface area contributed by atoms with Gasteiger partial charge in [0, 0.05) is 5.57 Å². The summed E-state index contributed by atoms with van der Waals surface area (Å²) in [6.07, 6.45) is 0.806. The minimum atomic E-state index is -0.600. The number of carbonyl (C=O) groups excluding carboxylic acids is 1. The number of hydrogen-bond acceptors (Lipinski definition) is 2. The Kier molecular flexibility index (Phi) is 2.95. The number of amides is 1. The van der Waals surface area contributed by atoms with Crippen LogP contribution in [0.4, 0.5) is 0 Å². The number of nitrogens with two attached hydrogens (primary N) is 1. The molecule has 9 heavy (non-hydrogen) atoms. The lowest BCUT2D eigenvalue weighted by atomic mass is 10.2. The quantitative estimate of drug-likeness (QED) is 0.507. The molecule has 0 aromatic heterocycles. The van der Waals surface area contributed by atoms with Crippen LogP contribution in [0.5, 0.6) is 0 Å². The molecule has 0 aliphatic heterocycles. The summed E-state index contributed by atoms with van der Waals surface area (Å²) in [7, 11) is 0. The van der Waals surface area contributed by atoms with Crippen LogP contribution in [0, 0.1) is 0 Å². The Morgan fingerprint density at radius 3 is 2.33 bits per heavy atom. The van der Waals surface area contributed by atoms with Gasteiger partial charge in [-0.1, -0.05) is 0 Å². The molecule has 0 spiro atoms. The first-order valence-corrected chi connectivity index (χ1v) is 2.70. The summed E-state index contributed by atoms with van der Waals surface area (Å²) in [4.78, 5) is 10.3. The van der Waals surface area contributed by atoms with Gasteiger partial charge in [-0.25, -0.2) is 0 Å². The molecule has 0 fully saturated rings. The van der Waals surface area contributed by atoms with Gasteiger partial charge < -0.3 is 10.8 Å². The highest BCUT2D eigenvalue weighted by atomic mass is 16.3. The molecular weight excluding hydrogens is 118 g/mol. The topological polar surface area (TPSA) is 63.3 Å². The highest BCUT2D eigenvalue weighted by molar-refractivity contribution is 5.91. The average Bonchev–Trinajstić information content (AvgIpc) is 1.63. The van der Waals surface area contributed by atoms with E-state index in [1.165, 1.54) is 6.08 Å². The molecule has 0 saturated carbocycles. The summed E-state index contributed by atoms with van der Waals surface area (Å²) in [6.45, 7) is 3.13. The second kappa shape index (κ2) is 3.25. The van der Waals surface area contributed by atoms with Gasteiger partial charge in [-0.3, -0.25) is 4.79 Å². The predicted octanol–water partition coefficient (Wildman–Crippen LogP) is -0.201. The van der Waals surface area contributed by atoms with E-state index in [2.05, 4.69) is 0 Å². The molecule has 0 bridgehead atoms. The number of hydrogen-bond donors (Lipinski definition) is 2. The second-order valence-corrected chi connectivity index (χ2v) is 1.95. The van der Waals surface area contributed by atoms with Gasteiger partial charge in [-0.05, 0) is 19.9 Å². The van der Waals surface area contributed by atoms with Crippen LogP contribution in [0.15, 0.2) is 11.6 Å². The van der Waals surface area contributed by atoms with Gasteiger partial charge >= 0.3 is 0 Å². The molecule has 0 aromatic carbocycles. The summed E-state index contributed by atoms with van der Waals surface area (Å²) >= 11 is 0. The largest absolute Gasteiger partial charge is 0.389 e. The van der Waals surface area contributed by atoms with Gasteiger partial charge in [0.15, 0.2) is 0 Å². The second-order valence-electron chi connectivity index (χ2n) is 1.95. The van der Waals surface area contributed by atoms with E-state index in [9.17, 15) is 4.79 Å². The Labute approximate surface area is 54.2 Å². The van der Waals surface area contributed by atoms with Crippen molar-refractivity contribution in [2.24, 2.45) is 5.73 Å². The normalized spacial score (nSPS) is 15.2. The number of aliphatic hydroxyl groups excluding tert-OH is 1. The Morgan fingerprint density at radius 2 is 2.22 bits per heavy atom. The minimum absolute atomic E-state index is 0.394. The molecule has 3 N–H and O–H groups in total. The molecule has 3 heteroatoms. The summed E-state index contributed by atoms with van der Waals surface area (Å²) in [5.41, 5.74) is 5.26. The third kappa shape index (κ3) is 3.73. The van der Waals surface area contributed by atoms with Crippen molar-refractivity contribution in [2.45, 2.75) is 20.0 Å². The molecule has 0 saturated heterocycles. The Hall–Kier alpha value is -0.830. The standard InChI is InChI=1S/C6H11NO2/c1-4(6(7)9)3-5(2)8/h3,5,8H,1-2H3,(H2,7,9)/b4-3-. The van der Waals surface area contributed by atoms with E-state index in [0.717, 1.165) is 0 Å². The fraction of sp³-hybridized carbons (Fsp3) is 0.500. The lowest BCUT2D eigenvalue weighted by Gasteiger charge is -1.95. The van der Waals surface area contributed by atoms with Crippen molar-refractivity contribution in [3.8, 4) is 0 Å². The maximum atomic E-state index is 10.3. The summed E-state index contributed by atoms with van der Waals surface area (Å²) in [5, 5.41) is 8.69. The van der Waals surface area contributed by atoms with Crippen molar-refractivity contribution in [1.29, 1.82) is 0 Å². The fourth-order valence-electron chi connectivity index (χ4n) is 0.444. The Morgan fingerprint density at radius 1 is 1.78 bits per heavy atom. The van der Waals surface area contributed by atoms with Crippen LogP contribution in [0.1, 0.15) is 13.8 Å². The van der Waals surface area contributed by atoms with Gasteiger partial charge in [0.05, 0.1) is 6.10 Å². The first-order chi connectivity index (χ1) is 4.04. The molecule has 0 aliphatic rings. The molecule has 0 radical (unpaired) electrons. The van der Waals surface area contributed by atoms with E-state index >= 15 is 0 Å². The number of rotatable bonds is 2. The SMILES string of the molecule is C/C(=C/C(C)O)C(N)=O. The lowest BCUT2D eigenvalue weighted by Crippen LogP contribution is -2.13. The van der Waals surface area contributed by atoms with Crippen LogP contribution < -0.4 is 5.73 Å². The lowest BCUT2D eigenvalue weighted by molar-refractivity contribution is -0.114.